The summed E-state index contributed by atoms with van der Waals surface area (Å²) in [7, 11) is 0. The summed E-state index contributed by atoms with van der Waals surface area (Å²) in [6.07, 6.45) is 0. The van der Waals surface area contributed by atoms with E-state index in [1.165, 1.54) is 12.1 Å². The molecule has 3 nitrogen and oxygen atoms in total. The van der Waals surface area contributed by atoms with E-state index in [4.69, 9.17) is 5.73 Å². The van der Waals surface area contributed by atoms with Gasteiger partial charge < -0.3 is 11.1 Å². The van der Waals surface area contributed by atoms with E-state index in [2.05, 4.69) is 5.32 Å². The summed E-state index contributed by atoms with van der Waals surface area (Å²) in [5.74, 6) is -0.607. The van der Waals surface area contributed by atoms with Crippen molar-refractivity contribution in [2.24, 2.45) is 5.73 Å². The van der Waals surface area contributed by atoms with Gasteiger partial charge in [-0.15, -0.1) is 0 Å². The lowest BCUT2D eigenvalue weighted by atomic mass is 10.0. The molecule has 0 radical (unpaired) electrons. The van der Waals surface area contributed by atoms with E-state index in [1.807, 2.05) is 18.2 Å². The Morgan fingerprint density at radius 3 is 2.40 bits per heavy atom. The van der Waals surface area contributed by atoms with E-state index in [9.17, 15) is 9.18 Å². The van der Waals surface area contributed by atoms with Gasteiger partial charge in [0, 0.05) is 0 Å². The summed E-state index contributed by atoms with van der Waals surface area (Å²) >= 11 is 0. The SMILES string of the molecule is CC(NC(=O)C(N)c1ccccc1)c1cccc(F)c1. The first kappa shape index (κ1) is 14.2. The molecule has 2 rings (SSSR count). The Hall–Kier alpha value is -2.20. The third-order valence-electron chi connectivity index (χ3n) is 3.15. The van der Waals surface area contributed by atoms with Crippen molar-refractivity contribution in [2.45, 2.75) is 19.0 Å². The zero-order valence-electron chi connectivity index (χ0n) is 11.2. The maximum Gasteiger partial charge on any atom is 0.241 e. The van der Waals surface area contributed by atoms with Crippen LogP contribution in [-0.4, -0.2) is 5.91 Å². The number of rotatable bonds is 4. The van der Waals surface area contributed by atoms with E-state index in [1.54, 1.807) is 31.2 Å². The smallest absolute Gasteiger partial charge is 0.241 e. The number of carbonyl (C=O) groups is 1. The minimum atomic E-state index is -0.729. The minimum Gasteiger partial charge on any atom is -0.348 e. The fraction of sp³-hybridized carbons (Fsp3) is 0.188. The number of hydrogen-bond acceptors (Lipinski definition) is 2. The predicted molar refractivity (Wildman–Crippen MR) is 76.3 cm³/mol. The largest absolute Gasteiger partial charge is 0.348 e. The molecule has 0 aliphatic carbocycles. The van der Waals surface area contributed by atoms with Crippen molar-refractivity contribution in [3.8, 4) is 0 Å². The highest BCUT2D eigenvalue weighted by molar-refractivity contribution is 5.83. The molecule has 1 amide bonds. The summed E-state index contributed by atoms with van der Waals surface area (Å²) in [4.78, 5) is 12.1. The summed E-state index contributed by atoms with van der Waals surface area (Å²) in [5, 5.41) is 2.79. The first-order chi connectivity index (χ1) is 9.58. The van der Waals surface area contributed by atoms with E-state index in [-0.39, 0.29) is 17.8 Å². The van der Waals surface area contributed by atoms with Crippen LogP contribution in [0.5, 0.6) is 0 Å². The topological polar surface area (TPSA) is 55.1 Å². The number of hydrogen-bond donors (Lipinski definition) is 2. The number of carbonyl (C=O) groups excluding carboxylic acids is 1. The summed E-state index contributed by atoms with van der Waals surface area (Å²) < 4.78 is 13.2. The average molecular weight is 272 g/mol. The van der Waals surface area contributed by atoms with Gasteiger partial charge in [-0.2, -0.15) is 0 Å². The number of amides is 1. The Bertz CT molecular complexity index is 586. The minimum absolute atomic E-state index is 0.284. The van der Waals surface area contributed by atoms with Gasteiger partial charge in [0.05, 0.1) is 6.04 Å². The summed E-state index contributed by atoms with van der Waals surface area (Å²) in [6.45, 7) is 1.80. The number of nitrogens with one attached hydrogen (secondary N) is 1. The van der Waals surface area contributed by atoms with Crippen LogP contribution in [0.4, 0.5) is 4.39 Å². The lowest BCUT2D eigenvalue weighted by Crippen LogP contribution is -2.35. The maximum atomic E-state index is 13.2. The molecule has 0 saturated heterocycles. The van der Waals surface area contributed by atoms with Crippen LogP contribution in [0.2, 0.25) is 0 Å². The van der Waals surface area contributed by atoms with Crippen LogP contribution in [0.3, 0.4) is 0 Å². The standard InChI is InChI=1S/C16H17FN2O/c1-11(13-8-5-9-14(17)10-13)19-16(20)15(18)12-6-3-2-4-7-12/h2-11,15H,18H2,1H3,(H,19,20). The molecule has 4 heteroatoms. The first-order valence-corrected chi connectivity index (χ1v) is 6.44. The molecule has 2 aromatic rings. The second-order valence-corrected chi connectivity index (χ2v) is 4.67. The molecule has 0 bridgehead atoms. The quantitative estimate of drug-likeness (QED) is 0.899. The van der Waals surface area contributed by atoms with Crippen LogP contribution in [0.15, 0.2) is 54.6 Å². The second kappa shape index (κ2) is 6.30. The summed E-state index contributed by atoms with van der Waals surface area (Å²) in [6, 6.07) is 14.3. The third kappa shape index (κ3) is 3.42. The van der Waals surface area contributed by atoms with Crippen molar-refractivity contribution in [3.05, 3.63) is 71.5 Å². The lowest BCUT2D eigenvalue weighted by Gasteiger charge is -2.18. The Balaban J connectivity index is 2.04. The highest BCUT2D eigenvalue weighted by atomic mass is 19.1. The molecular weight excluding hydrogens is 255 g/mol. The predicted octanol–water partition coefficient (Wildman–Crippen LogP) is 2.70. The number of nitrogens with two attached hydrogens (primary N) is 1. The highest BCUT2D eigenvalue weighted by Gasteiger charge is 2.18. The van der Waals surface area contributed by atoms with Gasteiger partial charge in [-0.1, -0.05) is 42.5 Å². The van der Waals surface area contributed by atoms with Crippen molar-refractivity contribution in [2.75, 3.05) is 0 Å². The number of benzene rings is 2. The molecule has 20 heavy (non-hydrogen) atoms. The van der Waals surface area contributed by atoms with Gasteiger partial charge in [-0.05, 0) is 30.2 Å². The Labute approximate surface area is 117 Å². The third-order valence-corrected chi connectivity index (χ3v) is 3.15. The normalized spacial score (nSPS) is 13.6. The van der Waals surface area contributed by atoms with E-state index in [0.717, 1.165) is 5.56 Å². The molecule has 3 N–H and O–H groups in total. The molecule has 2 unspecified atom stereocenters. The van der Waals surface area contributed by atoms with Gasteiger partial charge in [0.1, 0.15) is 11.9 Å². The highest BCUT2D eigenvalue weighted by Crippen LogP contribution is 2.16. The monoisotopic (exact) mass is 272 g/mol. The van der Waals surface area contributed by atoms with E-state index < -0.39 is 6.04 Å². The lowest BCUT2D eigenvalue weighted by molar-refractivity contribution is -0.123. The molecule has 2 aromatic carbocycles. The fourth-order valence-electron chi connectivity index (χ4n) is 1.97. The van der Waals surface area contributed by atoms with Gasteiger partial charge in [-0.25, -0.2) is 4.39 Å². The molecule has 0 fully saturated rings. The maximum absolute atomic E-state index is 13.2. The Morgan fingerprint density at radius 2 is 1.75 bits per heavy atom. The van der Waals surface area contributed by atoms with Gasteiger partial charge in [0.15, 0.2) is 0 Å². The van der Waals surface area contributed by atoms with E-state index >= 15 is 0 Å². The molecule has 0 aliphatic rings. The molecule has 0 heterocycles. The molecule has 104 valence electrons. The van der Waals surface area contributed by atoms with Crippen molar-refractivity contribution < 1.29 is 9.18 Å². The second-order valence-electron chi connectivity index (χ2n) is 4.67. The summed E-state index contributed by atoms with van der Waals surface area (Å²) in [5.41, 5.74) is 7.36. The van der Waals surface area contributed by atoms with Crippen LogP contribution >= 0.6 is 0 Å². The molecule has 0 aliphatic heterocycles. The van der Waals surface area contributed by atoms with Crippen molar-refractivity contribution in [1.82, 2.24) is 5.32 Å². The Morgan fingerprint density at radius 1 is 1.10 bits per heavy atom. The van der Waals surface area contributed by atoms with Crippen molar-refractivity contribution >= 4 is 5.91 Å². The zero-order valence-corrected chi connectivity index (χ0v) is 11.2. The van der Waals surface area contributed by atoms with Gasteiger partial charge in [0.2, 0.25) is 5.91 Å². The average Bonchev–Trinajstić information content (AvgIpc) is 2.47. The van der Waals surface area contributed by atoms with Crippen LogP contribution < -0.4 is 11.1 Å². The van der Waals surface area contributed by atoms with Crippen LogP contribution in [-0.2, 0) is 4.79 Å². The first-order valence-electron chi connectivity index (χ1n) is 6.44. The van der Waals surface area contributed by atoms with Gasteiger partial charge in [0.25, 0.3) is 0 Å². The van der Waals surface area contributed by atoms with E-state index in [0.29, 0.717) is 5.56 Å². The van der Waals surface area contributed by atoms with Gasteiger partial charge >= 0.3 is 0 Å². The molecule has 0 saturated carbocycles. The van der Waals surface area contributed by atoms with Crippen molar-refractivity contribution in [3.63, 3.8) is 0 Å². The molecular formula is C16H17FN2O. The van der Waals surface area contributed by atoms with Gasteiger partial charge in [-0.3, -0.25) is 4.79 Å². The fourth-order valence-corrected chi connectivity index (χ4v) is 1.97. The molecule has 0 spiro atoms. The molecule has 2 atom stereocenters. The Kier molecular flexibility index (Phi) is 4.48. The van der Waals surface area contributed by atoms with Crippen LogP contribution in [0.25, 0.3) is 0 Å². The van der Waals surface area contributed by atoms with Crippen molar-refractivity contribution in [1.29, 1.82) is 0 Å². The number of halogens is 1. The molecule has 0 aromatic heterocycles. The van der Waals surface area contributed by atoms with Crippen LogP contribution in [0, 0.1) is 5.82 Å². The zero-order chi connectivity index (χ0) is 14.5. The van der Waals surface area contributed by atoms with Crippen LogP contribution in [0.1, 0.15) is 30.1 Å².